The minimum absolute atomic E-state index is 0.125. The maximum Gasteiger partial charge on any atom is 0.136 e. The highest BCUT2D eigenvalue weighted by molar-refractivity contribution is 6.20. The van der Waals surface area contributed by atoms with Crippen molar-refractivity contribution in [2.45, 2.75) is 51.6 Å². The molecular formula is C12H25ClN4. The lowest BCUT2D eigenvalue weighted by molar-refractivity contribution is 0.0668. The lowest BCUT2D eigenvalue weighted by Crippen LogP contribution is -2.68. The van der Waals surface area contributed by atoms with Crippen molar-refractivity contribution in [2.75, 3.05) is 19.6 Å². The summed E-state index contributed by atoms with van der Waals surface area (Å²) in [6.45, 7) is 12.2. The summed E-state index contributed by atoms with van der Waals surface area (Å²) in [6.07, 6.45) is 0.320. The molecule has 0 saturated carbocycles. The third-order valence-corrected chi connectivity index (χ3v) is 3.97. The van der Waals surface area contributed by atoms with Gasteiger partial charge in [0.25, 0.3) is 0 Å². The Labute approximate surface area is 109 Å². The number of halogens is 1. The van der Waals surface area contributed by atoms with Gasteiger partial charge in [0.15, 0.2) is 0 Å². The summed E-state index contributed by atoms with van der Waals surface area (Å²) in [6, 6.07) is 0.949. The van der Waals surface area contributed by atoms with E-state index >= 15 is 0 Å². The van der Waals surface area contributed by atoms with Crippen LogP contribution in [0, 0.1) is 5.41 Å². The second-order valence-electron chi connectivity index (χ2n) is 6.30. The van der Waals surface area contributed by atoms with Gasteiger partial charge in [0.2, 0.25) is 0 Å². The first-order chi connectivity index (χ1) is 7.89. The van der Waals surface area contributed by atoms with Gasteiger partial charge in [-0.2, -0.15) is 0 Å². The summed E-state index contributed by atoms with van der Waals surface area (Å²) in [4.78, 5) is 2.53. The highest BCUT2D eigenvalue weighted by Crippen LogP contribution is 2.24. The van der Waals surface area contributed by atoms with Crippen LogP contribution < -0.4 is 16.0 Å². The van der Waals surface area contributed by atoms with Crippen LogP contribution in [0.4, 0.5) is 0 Å². The Morgan fingerprint density at radius 3 is 2.65 bits per heavy atom. The van der Waals surface area contributed by atoms with Crippen LogP contribution >= 0.6 is 11.6 Å². The van der Waals surface area contributed by atoms with Crippen LogP contribution in [0.2, 0.25) is 0 Å². The third kappa shape index (κ3) is 3.12. The van der Waals surface area contributed by atoms with Crippen LogP contribution in [0.5, 0.6) is 0 Å². The monoisotopic (exact) mass is 260 g/mol. The first-order valence-electron chi connectivity index (χ1n) is 6.52. The van der Waals surface area contributed by atoms with Gasteiger partial charge in [0.05, 0.1) is 6.17 Å². The summed E-state index contributed by atoms with van der Waals surface area (Å²) in [5.41, 5.74) is 0.172. The Balaban J connectivity index is 2.18. The van der Waals surface area contributed by atoms with E-state index in [0.29, 0.717) is 23.7 Å². The average molecular weight is 261 g/mol. The van der Waals surface area contributed by atoms with E-state index in [4.69, 9.17) is 11.6 Å². The van der Waals surface area contributed by atoms with Gasteiger partial charge in [-0.15, -0.1) is 0 Å². The fourth-order valence-electron chi connectivity index (χ4n) is 2.74. The van der Waals surface area contributed by atoms with Crippen LogP contribution in [0.1, 0.15) is 27.7 Å². The van der Waals surface area contributed by atoms with Crippen molar-refractivity contribution in [3.63, 3.8) is 0 Å². The SMILES string of the molecule is CC(C)N1CC(C)(C)CNC2CNC(Cl)NC21. The van der Waals surface area contributed by atoms with Gasteiger partial charge in [-0.3, -0.25) is 15.5 Å². The van der Waals surface area contributed by atoms with Crippen LogP contribution in [-0.4, -0.2) is 48.4 Å². The van der Waals surface area contributed by atoms with Crippen LogP contribution in [0.25, 0.3) is 0 Å². The highest BCUT2D eigenvalue weighted by Gasteiger charge is 2.39. The largest absolute Gasteiger partial charge is 0.310 e. The second kappa shape index (κ2) is 5.02. The minimum atomic E-state index is -0.125. The quantitative estimate of drug-likeness (QED) is 0.480. The van der Waals surface area contributed by atoms with E-state index in [0.717, 1.165) is 19.6 Å². The molecule has 17 heavy (non-hydrogen) atoms. The number of alkyl halides is 1. The number of fused-ring (bicyclic) bond motifs is 1. The predicted octanol–water partition coefficient (Wildman–Crippen LogP) is 0.736. The molecule has 0 bridgehead atoms. The molecule has 5 heteroatoms. The zero-order valence-electron chi connectivity index (χ0n) is 11.3. The van der Waals surface area contributed by atoms with E-state index in [1.54, 1.807) is 0 Å². The molecule has 2 aliphatic heterocycles. The van der Waals surface area contributed by atoms with E-state index < -0.39 is 0 Å². The number of hydrogen-bond donors (Lipinski definition) is 3. The molecule has 0 aromatic heterocycles. The third-order valence-electron chi connectivity index (χ3n) is 3.69. The van der Waals surface area contributed by atoms with Gasteiger partial charge in [-0.1, -0.05) is 25.4 Å². The van der Waals surface area contributed by atoms with Gasteiger partial charge in [0.1, 0.15) is 5.62 Å². The Morgan fingerprint density at radius 1 is 1.29 bits per heavy atom. The molecule has 2 heterocycles. The summed E-state index contributed by atoms with van der Waals surface area (Å²) < 4.78 is 0. The number of hydrogen-bond acceptors (Lipinski definition) is 4. The molecule has 0 aliphatic carbocycles. The zero-order valence-corrected chi connectivity index (χ0v) is 12.0. The molecule has 0 radical (unpaired) electrons. The first-order valence-corrected chi connectivity index (χ1v) is 6.95. The summed E-state index contributed by atoms with van der Waals surface area (Å²) in [5.74, 6) is 0. The summed E-state index contributed by atoms with van der Waals surface area (Å²) >= 11 is 6.15. The van der Waals surface area contributed by atoms with Crippen molar-refractivity contribution in [1.82, 2.24) is 20.9 Å². The molecule has 3 N–H and O–H groups in total. The minimum Gasteiger partial charge on any atom is -0.310 e. The molecule has 0 spiro atoms. The first kappa shape index (κ1) is 13.6. The molecule has 2 saturated heterocycles. The molecule has 0 amide bonds. The van der Waals surface area contributed by atoms with Crippen molar-refractivity contribution < 1.29 is 0 Å². The summed E-state index contributed by atoms with van der Waals surface area (Å²) in [7, 11) is 0. The lowest BCUT2D eigenvalue weighted by Gasteiger charge is -2.43. The standard InChI is InChI=1S/C12H25ClN4/c1-8(2)17-7-12(3,4)6-15-9-5-14-11(13)16-10(9)17/h8-11,14-16H,5-7H2,1-4H3. The predicted molar refractivity (Wildman–Crippen MR) is 72.0 cm³/mol. The number of nitrogens with zero attached hydrogens (tertiary/aromatic N) is 1. The average Bonchev–Trinajstić information content (AvgIpc) is 2.36. The second-order valence-corrected chi connectivity index (χ2v) is 6.74. The molecule has 2 aliphatic rings. The van der Waals surface area contributed by atoms with E-state index in [1.165, 1.54) is 0 Å². The van der Waals surface area contributed by atoms with E-state index in [9.17, 15) is 0 Å². The Hall–Kier alpha value is 0.130. The molecule has 2 fully saturated rings. The normalized spacial score (nSPS) is 38.8. The maximum atomic E-state index is 6.15. The van der Waals surface area contributed by atoms with E-state index in [2.05, 4.69) is 48.5 Å². The fraction of sp³-hybridized carbons (Fsp3) is 1.00. The van der Waals surface area contributed by atoms with Crippen molar-refractivity contribution in [3.8, 4) is 0 Å². The van der Waals surface area contributed by atoms with Crippen molar-refractivity contribution in [1.29, 1.82) is 0 Å². The van der Waals surface area contributed by atoms with Gasteiger partial charge in [-0.05, 0) is 19.3 Å². The lowest BCUT2D eigenvalue weighted by atomic mass is 9.93. The maximum absolute atomic E-state index is 6.15. The van der Waals surface area contributed by atoms with Crippen molar-refractivity contribution in [3.05, 3.63) is 0 Å². The Bertz CT molecular complexity index is 269. The van der Waals surface area contributed by atoms with Gasteiger partial charge >= 0.3 is 0 Å². The van der Waals surface area contributed by atoms with Gasteiger partial charge < -0.3 is 5.32 Å². The molecule has 3 atom stereocenters. The molecule has 0 aromatic rings. The van der Waals surface area contributed by atoms with Crippen LogP contribution in [-0.2, 0) is 0 Å². The fourth-order valence-corrected chi connectivity index (χ4v) is 2.96. The molecule has 4 nitrogen and oxygen atoms in total. The van der Waals surface area contributed by atoms with Crippen molar-refractivity contribution in [2.24, 2.45) is 5.41 Å². The number of nitrogens with one attached hydrogen (secondary N) is 3. The highest BCUT2D eigenvalue weighted by atomic mass is 35.5. The van der Waals surface area contributed by atoms with Crippen LogP contribution in [0.3, 0.4) is 0 Å². The smallest absolute Gasteiger partial charge is 0.136 e. The van der Waals surface area contributed by atoms with Gasteiger partial charge in [0, 0.05) is 31.7 Å². The van der Waals surface area contributed by atoms with Gasteiger partial charge in [-0.25, -0.2) is 0 Å². The van der Waals surface area contributed by atoms with E-state index in [-0.39, 0.29) is 5.62 Å². The van der Waals surface area contributed by atoms with Crippen LogP contribution in [0.15, 0.2) is 0 Å². The topological polar surface area (TPSA) is 39.3 Å². The van der Waals surface area contributed by atoms with E-state index in [1.807, 2.05) is 0 Å². The summed E-state index contributed by atoms with van der Waals surface area (Å²) in [5, 5.41) is 10.4. The zero-order chi connectivity index (χ0) is 12.6. The molecular weight excluding hydrogens is 236 g/mol. The Kier molecular flexibility index (Phi) is 4.00. The molecule has 0 aromatic carbocycles. The Morgan fingerprint density at radius 2 is 2.00 bits per heavy atom. The molecule has 100 valence electrons. The van der Waals surface area contributed by atoms with Crippen molar-refractivity contribution >= 4 is 11.6 Å². The molecule has 2 rings (SSSR count). The number of rotatable bonds is 1. The molecule has 3 unspecified atom stereocenters.